The number of aryl methyl sites for hydroxylation is 1. The molecule has 0 spiro atoms. The molecular weight excluding hydrogens is 448 g/mol. The van der Waals surface area contributed by atoms with E-state index in [1.165, 1.54) is 0 Å². The highest BCUT2D eigenvalue weighted by Gasteiger charge is 2.19. The number of ether oxygens (including phenoxy) is 2. The van der Waals surface area contributed by atoms with Crippen LogP contribution in [0.15, 0.2) is 83.7 Å². The zero-order valence-electron chi connectivity index (χ0n) is 18.9. The maximum Gasteiger partial charge on any atom is 0.261 e. The number of fused-ring (bicyclic) bond motifs is 2. The van der Waals surface area contributed by atoms with Crippen LogP contribution in [0.1, 0.15) is 5.56 Å². The van der Waals surface area contributed by atoms with Crippen LogP contribution in [-0.4, -0.2) is 23.8 Å². The summed E-state index contributed by atoms with van der Waals surface area (Å²) in [4.78, 5) is 18.7. The molecule has 1 aromatic heterocycles. The highest BCUT2D eigenvalue weighted by molar-refractivity contribution is 6.31. The lowest BCUT2D eigenvalue weighted by atomic mass is 10.0. The van der Waals surface area contributed by atoms with E-state index in [9.17, 15) is 4.79 Å². The Morgan fingerprint density at radius 1 is 0.882 bits per heavy atom. The van der Waals surface area contributed by atoms with Crippen LogP contribution in [0, 0.1) is 0 Å². The van der Waals surface area contributed by atoms with Gasteiger partial charge in [0.1, 0.15) is 17.3 Å². The summed E-state index contributed by atoms with van der Waals surface area (Å²) in [5.74, 6) is 2.01. The van der Waals surface area contributed by atoms with Gasteiger partial charge in [0.15, 0.2) is 0 Å². The van der Waals surface area contributed by atoms with Gasteiger partial charge in [0, 0.05) is 11.6 Å². The van der Waals surface area contributed by atoms with Crippen molar-refractivity contribution in [2.45, 2.75) is 13.0 Å². The zero-order chi connectivity index (χ0) is 23.7. The van der Waals surface area contributed by atoms with Crippen molar-refractivity contribution in [1.29, 1.82) is 0 Å². The Bertz CT molecular complexity index is 1560. The maximum atomic E-state index is 13.7. The Labute approximate surface area is 202 Å². The van der Waals surface area contributed by atoms with Gasteiger partial charge in [0.05, 0.1) is 30.7 Å². The quantitative estimate of drug-likeness (QED) is 0.299. The number of benzene rings is 4. The van der Waals surface area contributed by atoms with Crippen molar-refractivity contribution in [3.8, 4) is 22.9 Å². The average Bonchev–Trinajstić information content (AvgIpc) is 2.87. The largest absolute Gasteiger partial charge is 0.497 e. The van der Waals surface area contributed by atoms with Crippen LogP contribution in [0.5, 0.6) is 11.5 Å². The normalized spacial score (nSPS) is 11.1. The SMILES string of the molecule is COc1ccc(CCn2c(-c3c(OC)ccc4ccccc34)nc3cc(Cl)ccc3c2=O)cc1. The molecule has 170 valence electrons. The number of hydrogen-bond donors (Lipinski definition) is 0. The van der Waals surface area contributed by atoms with E-state index >= 15 is 0 Å². The molecule has 5 rings (SSSR count). The monoisotopic (exact) mass is 470 g/mol. The van der Waals surface area contributed by atoms with Gasteiger partial charge in [0.2, 0.25) is 0 Å². The van der Waals surface area contributed by atoms with E-state index in [2.05, 4.69) is 0 Å². The van der Waals surface area contributed by atoms with Gasteiger partial charge in [-0.3, -0.25) is 9.36 Å². The molecule has 5 nitrogen and oxygen atoms in total. The van der Waals surface area contributed by atoms with Gasteiger partial charge >= 0.3 is 0 Å². The van der Waals surface area contributed by atoms with Crippen molar-refractivity contribution in [2.75, 3.05) is 14.2 Å². The van der Waals surface area contributed by atoms with Crippen molar-refractivity contribution < 1.29 is 9.47 Å². The first-order valence-electron chi connectivity index (χ1n) is 11.0. The molecule has 0 aliphatic heterocycles. The first-order valence-corrected chi connectivity index (χ1v) is 11.4. The van der Waals surface area contributed by atoms with Crippen molar-refractivity contribution in [3.05, 3.63) is 99.8 Å². The summed E-state index contributed by atoms with van der Waals surface area (Å²) in [6.45, 7) is 0.457. The van der Waals surface area contributed by atoms with Crippen LogP contribution >= 0.6 is 11.6 Å². The van der Waals surface area contributed by atoms with Crippen LogP contribution in [-0.2, 0) is 13.0 Å². The summed E-state index contributed by atoms with van der Waals surface area (Å²) >= 11 is 6.24. The van der Waals surface area contributed by atoms with Crippen LogP contribution in [0.2, 0.25) is 5.02 Å². The molecular formula is C28H23ClN2O3. The number of aromatic nitrogens is 2. The van der Waals surface area contributed by atoms with E-state index in [1.807, 2.05) is 60.7 Å². The van der Waals surface area contributed by atoms with Gasteiger partial charge in [0.25, 0.3) is 5.56 Å². The Kier molecular flexibility index (Phi) is 5.95. The molecule has 0 radical (unpaired) electrons. The predicted octanol–water partition coefficient (Wildman–Crippen LogP) is 6.13. The van der Waals surface area contributed by atoms with Crippen molar-refractivity contribution >= 4 is 33.3 Å². The first kappa shape index (κ1) is 22.0. The Morgan fingerprint density at radius 2 is 1.68 bits per heavy atom. The summed E-state index contributed by atoms with van der Waals surface area (Å²) in [6, 6.07) is 25.0. The van der Waals surface area contributed by atoms with Gasteiger partial charge in [-0.25, -0.2) is 4.98 Å². The lowest BCUT2D eigenvalue weighted by Crippen LogP contribution is -2.24. The molecule has 5 aromatic rings. The van der Waals surface area contributed by atoms with E-state index in [0.29, 0.717) is 40.5 Å². The molecule has 0 aliphatic rings. The van der Waals surface area contributed by atoms with Gasteiger partial charge in [-0.1, -0.05) is 54.1 Å². The van der Waals surface area contributed by atoms with Gasteiger partial charge in [-0.2, -0.15) is 0 Å². The molecule has 0 fully saturated rings. The molecule has 0 saturated carbocycles. The van der Waals surface area contributed by atoms with Gasteiger partial charge in [-0.15, -0.1) is 0 Å². The summed E-state index contributed by atoms with van der Waals surface area (Å²) in [5.41, 5.74) is 2.33. The Hall–Kier alpha value is -3.83. The molecule has 0 saturated heterocycles. The average molecular weight is 471 g/mol. The number of rotatable bonds is 6. The second-order valence-corrected chi connectivity index (χ2v) is 8.45. The van der Waals surface area contributed by atoms with Crippen LogP contribution < -0.4 is 15.0 Å². The summed E-state index contributed by atoms with van der Waals surface area (Å²) < 4.78 is 12.7. The lowest BCUT2D eigenvalue weighted by molar-refractivity contribution is 0.414. The molecule has 0 N–H and O–H groups in total. The fraction of sp³-hybridized carbons (Fsp3) is 0.143. The number of hydrogen-bond acceptors (Lipinski definition) is 4. The molecule has 0 atom stereocenters. The van der Waals surface area contributed by atoms with E-state index in [0.717, 1.165) is 27.6 Å². The van der Waals surface area contributed by atoms with Gasteiger partial charge in [-0.05, 0) is 59.2 Å². The van der Waals surface area contributed by atoms with E-state index in [4.69, 9.17) is 26.1 Å². The fourth-order valence-corrected chi connectivity index (χ4v) is 4.44. The van der Waals surface area contributed by atoms with Crippen LogP contribution in [0.3, 0.4) is 0 Å². The maximum absolute atomic E-state index is 13.7. The summed E-state index contributed by atoms with van der Waals surface area (Å²) in [6.07, 6.45) is 0.657. The Morgan fingerprint density at radius 3 is 2.44 bits per heavy atom. The molecule has 0 unspecified atom stereocenters. The minimum atomic E-state index is -0.111. The highest BCUT2D eigenvalue weighted by atomic mass is 35.5. The lowest BCUT2D eigenvalue weighted by Gasteiger charge is -2.18. The van der Waals surface area contributed by atoms with E-state index < -0.39 is 0 Å². The standard InChI is InChI=1S/C28H23ClN2O3/c1-33-21-11-7-18(8-12-21)15-16-31-27(30-24-17-20(29)10-13-23(24)28(31)32)26-22-6-4-3-5-19(22)9-14-25(26)34-2/h3-14,17H,15-16H2,1-2H3. The topological polar surface area (TPSA) is 53.4 Å². The molecule has 1 heterocycles. The zero-order valence-corrected chi connectivity index (χ0v) is 19.7. The number of nitrogens with zero attached hydrogens (tertiary/aromatic N) is 2. The molecule has 0 aliphatic carbocycles. The number of halogens is 1. The summed E-state index contributed by atoms with van der Waals surface area (Å²) in [7, 11) is 3.27. The summed E-state index contributed by atoms with van der Waals surface area (Å²) in [5, 5.41) is 3.07. The second kappa shape index (κ2) is 9.20. The minimum Gasteiger partial charge on any atom is -0.497 e. The third-order valence-electron chi connectivity index (χ3n) is 6.03. The van der Waals surface area contributed by atoms with Gasteiger partial charge < -0.3 is 9.47 Å². The number of methoxy groups -OCH3 is 2. The third-order valence-corrected chi connectivity index (χ3v) is 6.27. The van der Waals surface area contributed by atoms with Crippen molar-refractivity contribution in [1.82, 2.24) is 9.55 Å². The second-order valence-electron chi connectivity index (χ2n) is 8.02. The minimum absolute atomic E-state index is 0.111. The molecule has 0 bridgehead atoms. The van der Waals surface area contributed by atoms with E-state index in [1.54, 1.807) is 37.0 Å². The fourth-order valence-electron chi connectivity index (χ4n) is 4.28. The van der Waals surface area contributed by atoms with Crippen LogP contribution in [0.25, 0.3) is 33.1 Å². The molecule has 6 heteroatoms. The first-order chi connectivity index (χ1) is 16.6. The third kappa shape index (κ3) is 3.99. The predicted molar refractivity (Wildman–Crippen MR) is 137 cm³/mol. The molecule has 0 amide bonds. The van der Waals surface area contributed by atoms with Crippen molar-refractivity contribution in [3.63, 3.8) is 0 Å². The highest BCUT2D eigenvalue weighted by Crippen LogP contribution is 2.36. The molecule has 34 heavy (non-hydrogen) atoms. The van der Waals surface area contributed by atoms with Crippen molar-refractivity contribution in [2.24, 2.45) is 0 Å². The smallest absolute Gasteiger partial charge is 0.261 e. The Balaban J connectivity index is 1.73. The molecule has 4 aromatic carbocycles. The van der Waals surface area contributed by atoms with Crippen LogP contribution in [0.4, 0.5) is 0 Å². The van der Waals surface area contributed by atoms with E-state index in [-0.39, 0.29) is 5.56 Å².